The first-order chi connectivity index (χ1) is 6.93. The SMILES string of the molecule is C1=NC(=NCC2CC2)C2N=CN=C2N1. The lowest BCUT2D eigenvalue weighted by Gasteiger charge is -2.14. The smallest absolute Gasteiger partial charge is 0.168 e. The van der Waals surface area contributed by atoms with Crippen LogP contribution in [0.3, 0.4) is 0 Å². The molecule has 0 radical (unpaired) electrons. The number of hydrogen-bond donors (Lipinski definition) is 1. The van der Waals surface area contributed by atoms with E-state index in [4.69, 9.17) is 0 Å². The van der Waals surface area contributed by atoms with Crippen LogP contribution in [0.4, 0.5) is 0 Å². The van der Waals surface area contributed by atoms with Gasteiger partial charge in [-0.15, -0.1) is 0 Å². The highest BCUT2D eigenvalue weighted by Crippen LogP contribution is 2.29. The molecule has 0 aromatic heterocycles. The van der Waals surface area contributed by atoms with Crippen molar-refractivity contribution in [2.75, 3.05) is 6.54 Å². The van der Waals surface area contributed by atoms with Crippen LogP contribution in [-0.2, 0) is 0 Å². The molecule has 0 spiro atoms. The van der Waals surface area contributed by atoms with Crippen LogP contribution in [-0.4, -0.2) is 36.9 Å². The minimum Gasteiger partial charge on any atom is -0.332 e. The summed E-state index contributed by atoms with van der Waals surface area (Å²) >= 11 is 0. The summed E-state index contributed by atoms with van der Waals surface area (Å²) < 4.78 is 0. The summed E-state index contributed by atoms with van der Waals surface area (Å²) in [7, 11) is 0. The average Bonchev–Trinajstić information content (AvgIpc) is 2.91. The van der Waals surface area contributed by atoms with E-state index in [0.717, 1.165) is 24.1 Å². The third kappa shape index (κ3) is 1.34. The summed E-state index contributed by atoms with van der Waals surface area (Å²) in [5.74, 6) is 2.43. The Kier molecular flexibility index (Phi) is 1.68. The number of aliphatic imine (C=N–C) groups is 4. The number of nitrogens with zero attached hydrogens (tertiary/aromatic N) is 4. The zero-order valence-corrected chi connectivity index (χ0v) is 7.72. The summed E-state index contributed by atoms with van der Waals surface area (Å²) in [6.45, 7) is 0.895. The Bertz CT molecular complexity index is 361. The van der Waals surface area contributed by atoms with Gasteiger partial charge in [-0.25, -0.2) is 9.98 Å². The highest BCUT2D eigenvalue weighted by molar-refractivity contribution is 6.21. The number of nitrogens with one attached hydrogen (secondary N) is 1. The Morgan fingerprint density at radius 1 is 1.50 bits per heavy atom. The monoisotopic (exact) mass is 189 g/mol. The molecule has 1 N–H and O–H groups in total. The van der Waals surface area contributed by atoms with Crippen LogP contribution in [0.25, 0.3) is 0 Å². The van der Waals surface area contributed by atoms with Crippen molar-refractivity contribution in [2.45, 2.75) is 18.9 Å². The molecule has 1 saturated carbocycles. The van der Waals surface area contributed by atoms with Gasteiger partial charge >= 0.3 is 0 Å². The quantitative estimate of drug-likeness (QED) is 0.664. The molecule has 0 amide bonds. The van der Waals surface area contributed by atoms with Crippen LogP contribution in [0.5, 0.6) is 0 Å². The lowest BCUT2D eigenvalue weighted by Crippen LogP contribution is -2.40. The molecule has 3 rings (SSSR count). The van der Waals surface area contributed by atoms with Crippen LogP contribution in [0.2, 0.25) is 0 Å². The van der Waals surface area contributed by atoms with Crippen LogP contribution in [0.15, 0.2) is 20.0 Å². The van der Waals surface area contributed by atoms with E-state index >= 15 is 0 Å². The minimum absolute atomic E-state index is 0.0706. The molecular weight excluding hydrogens is 178 g/mol. The molecule has 5 nitrogen and oxygen atoms in total. The Balaban J connectivity index is 1.79. The van der Waals surface area contributed by atoms with Crippen molar-refractivity contribution in [2.24, 2.45) is 25.9 Å². The number of rotatable bonds is 2. The second-order valence-corrected chi connectivity index (χ2v) is 3.73. The van der Waals surface area contributed by atoms with E-state index in [1.54, 1.807) is 12.7 Å². The van der Waals surface area contributed by atoms with Gasteiger partial charge in [0.1, 0.15) is 12.2 Å². The van der Waals surface area contributed by atoms with Crippen LogP contribution in [0, 0.1) is 5.92 Å². The van der Waals surface area contributed by atoms with E-state index in [0.29, 0.717) is 0 Å². The maximum absolute atomic E-state index is 4.47. The van der Waals surface area contributed by atoms with Crippen LogP contribution < -0.4 is 5.32 Å². The molecule has 1 unspecified atom stereocenters. The van der Waals surface area contributed by atoms with Crippen molar-refractivity contribution in [3.8, 4) is 0 Å². The Labute approximate surface area is 81.8 Å². The summed E-state index contributed by atoms with van der Waals surface area (Å²) in [5, 5.41) is 2.97. The van der Waals surface area contributed by atoms with Crippen molar-refractivity contribution in [3.63, 3.8) is 0 Å². The van der Waals surface area contributed by atoms with Gasteiger partial charge in [0, 0.05) is 6.54 Å². The van der Waals surface area contributed by atoms with Crippen molar-refractivity contribution in [1.29, 1.82) is 0 Å². The summed E-state index contributed by atoms with van der Waals surface area (Å²) in [4.78, 5) is 17.0. The second-order valence-electron chi connectivity index (χ2n) is 3.73. The van der Waals surface area contributed by atoms with Gasteiger partial charge in [0.15, 0.2) is 11.9 Å². The van der Waals surface area contributed by atoms with E-state index in [-0.39, 0.29) is 6.04 Å². The molecule has 1 fully saturated rings. The summed E-state index contributed by atoms with van der Waals surface area (Å²) in [5.41, 5.74) is 0. The third-order valence-electron chi connectivity index (χ3n) is 2.53. The molecule has 5 heteroatoms. The predicted molar refractivity (Wildman–Crippen MR) is 56.4 cm³/mol. The fourth-order valence-electron chi connectivity index (χ4n) is 1.49. The first-order valence-electron chi connectivity index (χ1n) is 4.86. The number of fused-ring (bicyclic) bond motifs is 1. The molecule has 0 bridgehead atoms. The molecule has 72 valence electrons. The maximum Gasteiger partial charge on any atom is 0.168 e. The molecule has 2 aliphatic heterocycles. The number of hydrogen-bond acceptors (Lipinski definition) is 4. The van der Waals surface area contributed by atoms with E-state index in [9.17, 15) is 0 Å². The summed E-state index contributed by atoms with van der Waals surface area (Å²) in [6, 6.07) is -0.0706. The fraction of sp³-hybridized carbons (Fsp3) is 0.556. The molecule has 0 saturated heterocycles. The van der Waals surface area contributed by atoms with Crippen molar-refractivity contribution >= 4 is 24.3 Å². The maximum atomic E-state index is 4.47. The number of amidine groups is 2. The van der Waals surface area contributed by atoms with Gasteiger partial charge in [0.05, 0.1) is 6.34 Å². The van der Waals surface area contributed by atoms with Gasteiger partial charge in [-0.05, 0) is 18.8 Å². The molecule has 14 heavy (non-hydrogen) atoms. The average molecular weight is 189 g/mol. The van der Waals surface area contributed by atoms with Gasteiger partial charge in [-0.2, -0.15) is 0 Å². The molecular formula is C9H11N5. The Morgan fingerprint density at radius 3 is 3.29 bits per heavy atom. The fourth-order valence-corrected chi connectivity index (χ4v) is 1.49. The predicted octanol–water partition coefficient (Wildman–Crippen LogP) is 0.235. The molecule has 1 atom stereocenters. The largest absolute Gasteiger partial charge is 0.332 e. The van der Waals surface area contributed by atoms with Gasteiger partial charge in [-0.3, -0.25) is 9.98 Å². The summed E-state index contributed by atoms with van der Waals surface area (Å²) in [6.07, 6.45) is 5.82. The van der Waals surface area contributed by atoms with E-state index in [1.807, 2.05) is 0 Å². The zero-order chi connectivity index (χ0) is 9.38. The lowest BCUT2D eigenvalue weighted by atomic mass is 10.2. The first-order valence-corrected chi connectivity index (χ1v) is 4.86. The first kappa shape index (κ1) is 7.84. The van der Waals surface area contributed by atoms with E-state index in [2.05, 4.69) is 25.3 Å². The lowest BCUT2D eigenvalue weighted by molar-refractivity contribution is 0.839. The molecule has 2 heterocycles. The molecule has 0 aromatic carbocycles. The second kappa shape index (κ2) is 3.01. The van der Waals surface area contributed by atoms with Crippen LogP contribution in [0.1, 0.15) is 12.8 Å². The van der Waals surface area contributed by atoms with E-state index < -0.39 is 0 Å². The van der Waals surface area contributed by atoms with Gasteiger partial charge in [0.25, 0.3) is 0 Å². The Hall–Kier alpha value is -1.52. The minimum atomic E-state index is -0.0706. The van der Waals surface area contributed by atoms with Crippen molar-refractivity contribution < 1.29 is 0 Å². The third-order valence-corrected chi connectivity index (χ3v) is 2.53. The van der Waals surface area contributed by atoms with Crippen molar-refractivity contribution in [3.05, 3.63) is 0 Å². The molecule has 3 aliphatic rings. The van der Waals surface area contributed by atoms with Gasteiger partial charge < -0.3 is 5.32 Å². The molecule has 1 aliphatic carbocycles. The van der Waals surface area contributed by atoms with Gasteiger partial charge in [-0.1, -0.05) is 0 Å². The van der Waals surface area contributed by atoms with Gasteiger partial charge in [0.2, 0.25) is 0 Å². The normalized spacial score (nSPS) is 31.6. The van der Waals surface area contributed by atoms with E-state index in [1.165, 1.54) is 12.8 Å². The standard InChI is InChI=1S/C9H11N5/c1-2-6(1)3-10-8-7-9(12-4-11-7)14-5-13-8/h4-7H,1-3H2,(H,10,11,12,13,14). The molecule has 0 aromatic rings. The zero-order valence-electron chi connectivity index (χ0n) is 7.72. The topological polar surface area (TPSA) is 61.5 Å². The van der Waals surface area contributed by atoms with Crippen LogP contribution >= 0.6 is 0 Å². The van der Waals surface area contributed by atoms with Crippen molar-refractivity contribution in [1.82, 2.24) is 5.32 Å². The Morgan fingerprint density at radius 2 is 2.43 bits per heavy atom. The highest BCUT2D eigenvalue weighted by Gasteiger charge is 2.27. The highest BCUT2D eigenvalue weighted by atomic mass is 15.2.